The molecule has 1 aromatic rings. The van der Waals surface area contributed by atoms with Crippen LogP contribution in [0.15, 0.2) is 18.2 Å². The van der Waals surface area contributed by atoms with E-state index in [4.69, 9.17) is 9.84 Å². The van der Waals surface area contributed by atoms with Gasteiger partial charge in [-0.25, -0.2) is 9.18 Å². The van der Waals surface area contributed by atoms with Crippen molar-refractivity contribution in [3.63, 3.8) is 0 Å². The van der Waals surface area contributed by atoms with Gasteiger partial charge in [-0.05, 0) is 38.5 Å². The van der Waals surface area contributed by atoms with E-state index >= 15 is 0 Å². The fraction of sp³-hybridized carbons (Fsp3) is 0.429. The first kappa shape index (κ1) is 15.9. The Balaban J connectivity index is 2.73. The zero-order valence-corrected chi connectivity index (χ0v) is 11.6. The lowest BCUT2D eigenvalue weighted by Crippen LogP contribution is -2.41. The molecule has 20 heavy (non-hydrogen) atoms. The van der Waals surface area contributed by atoms with E-state index in [1.54, 1.807) is 0 Å². The largest absolute Gasteiger partial charge is 0.478 e. The zero-order valence-electron chi connectivity index (χ0n) is 11.6. The van der Waals surface area contributed by atoms with E-state index in [1.165, 1.54) is 19.1 Å². The number of hydrogen-bond acceptors (Lipinski definition) is 3. The number of carboxylic acid groups (broad SMARTS) is 1. The summed E-state index contributed by atoms with van der Waals surface area (Å²) >= 11 is 0. The van der Waals surface area contributed by atoms with Crippen LogP contribution in [-0.2, 0) is 4.79 Å². The molecule has 2 atom stereocenters. The molecule has 0 heterocycles. The Morgan fingerprint density at radius 2 is 2.05 bits per heavy atom. The third kappa shape index (κ3) is 4.22. The van der Waals surface area contributed by atoms with Crippen molar-refractivity contribution >= 4 is 11.9 Å². The van der Waals surface area contributed by atoms with Gasteiger partial charge in [0.25, 0.3) is 5.91 Å². The topological polar surface area (TPSA) is 75.6 Å². The highest BCUT2D eigenvalue weighted by Crippen LogP contribution is 2.19. The highest BCUT2D eigenvalue weighted by Gasteiger charge is 2.18. The summed E-state index contributed by atoms with van der Waals surface area (Å²) in [5.41, 5.74) is -0.174. The van der Waals surface area contributed by atoms with Gasteiger partial charge in [0.15, 0.2) is 17.7 Å². The molecule has 0 aromatic heterocycles. The van der Waals surface area contributed by atoms with Crippen LogP contribution in [-0.4, -0.2) is 29.1 Å². The molecule has 2 unspecified atom stereocenters. The molecule has 0 aliphatic rings. The molecule has 0 spiro atoms. The average molecular weight is 283 g/mol. The molecule has 0 bridgehead atoms. The first-order valence-corrected chi connectivity index (χ1v) is 6.35. The van der Waals surface area contributed by atoms with Crippen molar-refractivity contribution in [3.05, 3.63) is 29.6 Å². The Hall–Kier alpha value is -2.11. The molecule has 0 fully saturated rings. The molecule has 0 aliphatic carbocycles. The Morgan fingerprint density at radius 3 is 2.55 bits per heavy atom. The van der Waals surface area contributed by atoms with Crippen LogP contribution in [0.25, 0.3) is 0 Å². The van der Waals surface area contributed by atoms with Crippen LogP contribution in [0.5, 0.6) is 5.75 Å². The number of aromatic carboxylic acids is 1. The number of hydrogen-bond donors (Lipinski definition) is 2. The number of carboxylic acids is 1. The Kier molecular flexibility index (Phi) is 5.49. The highest BCUT2D eigenvalue weighted by molar-refractivity contribution is 5.87. The predicted molar refractivity (Wildman–Crippen MR) is 71.3 cm³/mol. The van der Waals surface area contributed by atoms with Gasteiger partial charge in [0.1, 0.15) is 0 Å². The maximum atomic E-state index is 13.6. The second-order valence-electron chi connectivity index (χ2n) is 4.53. The van der Waals surface area contributed by atoms with Crippen LogP contribution in [0.2, 0.25) is 0 Å². The number of rotatable bonds is 6. The van der Waals surface area contributed by atoms with Crippen LogP contribution < -0.4 is 10.1 Å². The Labute approximate surface area is 116 Å². The maximum absolute atomic E-state index is 13.6. The second-order valence-corrected chi connectivity index (χ2v) is 4.53. The summed E-state index contributed by atoms with van der Waals surface area (Å²) in [4.78, 5) is 22.4. The van der Waals surface area contributed by atoms with Crippen molar-refractivity contribution in [2.24, 2.45) is 0 Å². The van der Waals surface area contributed by atoms with Gasteiger partial charge in [-0.2, -0.15) is 0 Å². The summed E-state index contributed by atoms with van der Waals surface area (Å²) in [5, 5.41) is 11.4. The zero-order chi connectivity index (χ0) is 15.3. The summed E-state index contributed by atoms with van der Waals surface area (Å²) in [6.45, 7) is 5.29. The molecule has 6 heteroatoms. The van der Waals surface area contributed by atoms with Gasteiger partial charge in [0.2, 0.25) is 0 Å². The number of carbonyl (C=O) groups is 2. The normalized spacial score (nSPS) is 13.4. The predicted octanol–water partition coefficient (Wildman–Crippen LogP) is 2.21. The van der Waals surface area contributed by atoms with Crippen LogP contribution in [0, 0.1) is 5.82 Å². The van der Waals surface area contributed by atoms with Crippen molar-refractivity contribution in [1.82, 2.24) is 5.32 Å². The molecule has 0 aliphatic heterocycles. The minimum absolute atomic E-state index is 0.00721. The van der Waals surface area contributed by atoms with E-state index in [9.17, 15) is 14.0 Å². The van der Waals surface area contributed by atoms with Gasteiger partial charge in [-0.3, -0.25) is 4.79 Å². The molecule has 0 saturated carbocycles. The van der Waals surface area contributed by atoms with Gasteiger partial charge >= 0.3 is 5.97 Å². The standard InChI is InChI=1S/C14H18FNO4/c1-4-8(2)16-13(17)9(3)20-12-6-5-10(14(18)19)7-11(12)15/h5-9H,4H2,1-3H3,(H,16,17)(H,18,19). The van der Waals surface area contributed by atoms with E-state index in [0.717, 1.165) is 12.5 Å². The summed E-state index contributed by atoms with van der Waals surface area (Å²) in [7, 11) is 0. The van der Waals surface area contributed by atoms with E-state index in [0.29, 0.717) is 0 Å². The lowest BCUT2D eigenvalue weighted by atomic mass is 10.2. The maximum Gasteiger partial charge on any atom is 0.335 e. The van der Waals surface area contributed by atoms with Crippen LogP contribution in [0.1, 0.15) is 37.6 Å². The molecular formula is C14H18FNO4. The van der Waals surface area contributed by atoms with Gasteiger partial charge in [-0.15, -0.1) is 0 Å². The van der Waals surface area contributed by atoms with E-state index in [-0.39, 0.29) is 23.3 Å². The number of ether oxygens (including phenoxy) is 1. The van der Waals surface area contributed by atoms with Crippen LogP contribution >= 0.6 is 0 Å². The van der Waals surface area contributed by atoms with Gasteiger partial charge < -0.3 is 15.2 Å². The quantitative estimate of drug-likeness (QED) is 0.839. The summed E-state index contributed by atoms with van der Waals surface area (Å²) in [5.74, 6) is -2.53. The number of halogens is 1. The first-order valence-electron chi connectivity index (χ1n) is 6.35. The second kappa shape index (κ2) is 6.88. The molecule has 1 aromatic carbocycles. The summed E-state index contributed by atoms with van der Waals surface area (Å²) < 4.78 is 18.8. The third-order valence-corrected chi connectivity index (χ3v) is 2.85. The SMILES string of the molecule is CCC(C)NC(=O)C(C)Oc1ccc(C(=O)O)cc1F. The van der Waals surface area contributed by atoms with Crippen LogP contribution in [0.4, 0.5) is 4.39 Å². The minimum atomic E-state index is -1.22. The molecule has 2 N–H and O–H groups in total. The number of amides is 1. The molecule has 5 nitrogen and oxygen atoms in total. The first-order chi connectivity index (χ1) is 9.35. The van der Waals surface area contributed by atoms with Gasteiger partial charge in [0, 0.05) is 6.04 Å². The summed E-state index contributed by atoms with van der Waals surface area (Å²) in [6.07, 6.45) is -0.0886. The molecule has 0 saturated heterocycles. The monoisotopic (exact) mass is 283 g/mol. The smallest absolute Gasteiger partial charge is 0.335 e. The Morgan fingerprint density at radius 1 is 1.40 bits per heavy atom. The highest BCUT2D eigenvalue weighted by atomic mass is 19.1. The fourth-order valence-electron chi connectivity index (χ4n) is 1.44. The van der Waals surface area contributed by atoms with Crippen molar-refractivity contribution in [1.29, 1.82) is 0 Å². The van der Waals surface area contributed by atoms with E-state index < -0.39 is 17.9 Å². The lowest BCUT2D eigenvalue weighted by Gasteiger charge is -2.18. The van der Waals surface area contributed by atoms with Gasteiger partial charge in [-0.1, -0.05) is 6.92 Å². The Bertz CT molecular complexity index is 504. The van der Waals surface area contributed by atoms with Crippen molar-refractivity contribution in [2.45, 2.75) is 39.3 Å². The molecule has 110 valence electrons. The lowest BCUT2D eigenvalue weighted by molar-refractivity contribution is -0.127. The van der Waals surface area contributed by atoms with Crippen molar-refractivity contribution in [3.8, 4) is 5.75 Å². The number of carbonyl (C=O) groups excluding carboxylic acids is 1. The minimum Gasteiger partial charge on any atom is -0.478 e. The third-order valence-electron chi connectivity index (χ3n) is 2.85. The van der Waals surface area contributed by atoms with E-state index in [1.807, 2.05) is 13.8 Å². The van der Waals surface area contributed by atoms with Crippen molar-refractivity contribution < 1.29 is 23.8 Å². The molecule has 0 radical (unpaired) electrons. The molecular weight excluding hydrogens is 265 g/mol. The number of nitrogens with one attached hydrogen (secondary N) is 1. The van der Waals surface area contributed by atoms with Gasteiger partial charge in [0.05, 0.1) is 5.56 Å². The van der Waals surface area contributed by atoms with E-state index in [2.05, 4.69) is 5.32 Å². The average Bonchev–Trinajstić information content (AvgIpc) is 2.40. The molecule has 1 amide bonds. The van der Waals surface area contributed by atoms with Crippen LogP contribution in [0.3, 0.4) is 0 Å². The fourth-order valence-corrected chi connectivity index (χ4v) is 1.44. The summed E-state index contributed by atoms with van der Waals surface area (Å²) in [6, 6.07) is 3.29. The number of benzene rings is 1. The van der Waals surface area contributed by atoms with Crippen molar-refractivity contribution in [2.75, 3.05) is 0 Å². The molecule has 1 rings (SSSR count).